The first-order valence-electron chi connectivity index (χ1n) is 13.5. The van der Waals surface area contributed by atoms with Crippen LogP contribution in [-0.4, -0.2) is 27.9 Å². The van der Waals surface area contributed by atoms with Gasteiger partial charge in [-0.1, -0.05) is 108 Å². The Kier molecular flexibility index (Phi) is 10.3. The zero-order chi connectivity index (χ0) is 30.2. The highest BCUT2D eigenvalue weighted by Gasteiger charge is 2.41. The van der Waals surface area contributed by atoms with Crippen LogP contribution in [0, 0.1) is 0 Å². The lowest BCUT2D eigenvalue weighted by molar-refractivity contribution is 0.0844. The molecule has 0 fully saturated rings. The normalized spacial score (nSPS) is 13.0. The van der Waals surface area contributed by atoms with Crippen molar-refractivity contribution in [1.82, 2.24) is 10.3 Å². The molecule has 1 unspecified atom stereocenters. The molecule has 0 aliphatic carbocycles. The van der Waals surface area contributed by atoms with E-state index in [9.17, 15) is 14.5 Å². The summed E-state index contributed by atoms with van der Waals surface area (Å²) in [4.78, 5) is 17.9. The molecule has 43 heavy (non-hydrogen) atoms. The highest BCUT2D eigenvalue weighted by Crippen LogP contribution is 2.55. The van der Waals surface area contributed by atoms with Gasteiger partial charge in [-0.05, 0) is 47.4 Å². The molecule has 1 heterocycles. The summed E-state index contributed by atoms with van der Waals surface area (Å²) in [6.07, 6.45) is 1.51. The zero-order valence-electron chi connectivity index (χ0n) is 23.0. The van der Waals surface area contributed by atoms with Crippen LogP contribution in [0.4, 0.5) is 0 Å². The Morgan fingerprint density at radius 2 is 1.40 bits per heavy atom. The van der Waals surface area contributed by atoms with Gasteiger partial charge in [0.15, 0.2) is 5.85 Å². The highest BCUT2D eigenvalue weighted by molar-refractivity contribution is 7.54. The fourth-order valence-electron chi connectivity index (χ4n) is 4.49. The molecule has 5 rings (SSSR count). The standard InChI is InChI=1S/C33H29Cl2N2O5P/c34-28-16-15-25(17-29(28)35)18-31(37-32(38)27-19-26-13-7-8-14-30(26)36-20-27)33(39)43(40,41-21-23-9-3-1-4-10-23)42-22-24-11-5-2-6-12-24/h1-17,19-20,31,33,39H,18,21-22H2,(H,37,38)/t31-,33?/m0/s1. The Morgan fingerprint density at radius 3 is 2.02 bits per heavy atom. The topological polar surface area (TPSA) is 97.8 Å². The Hall–Kier alpha value is -3.55. The number of aliphatic hydroxyl groups excluding tert-OH is 1. The molecular weight excluding hydrogens is 606 g/mol. The van der Waals surface area contributed by atoms with Crippen molar-refractivity contribution in [2.75, 3.05) is 0 Å². The predicted molar refractivity (Wildman–Crippen MR) is 169 cm³/mol. The fourth-order valence-corrected chi connectivity index (χ4v) is 6.47. The van der Waals surface area contributed by atoms with Crippen molar-refractivity contribution in [2.45, 2.75) is 31.5 Å². The van der Waals surface area contributed by atoms with E-state index < -0.39 is 25.4 Å². The lowest BCUT2D eigenvalue weighted by Gasteiger charge is -2.30. The minimum Gasteiger partial charge on any atom is -0.379 e. The lowest BCUT2D eigenvalue weighted by Crippen LogP contribution is -2.45. The molecule has 1 amide bonds. The van der Waals surface area contributed by atoms with E-state index in [4.69, 9.17) is 32.2 Å². The maximum atomic E-state index is 14.4. The summed E-state index contributed by atoms with van der Waals surface area (Å²) in [6, 6.07) is 31.3. The fraction of sp³-hybridized carbons (Fsp3) is 0.152. The first-order valence-corrected chi connectivity index (χ1v) is 15.9. The van der Waals surface area contributed by atoms with E-state index in [0.717, 1.165) is 22.0 Å². The number of fused-ring (bicyclic) bond motifs is 1. The van der Waals surface area contributed by atoms with Gasteiger partial charge in [-0.25, -0.2) is 0 Å². The number of nitrogens with one attached hydrogen (secondary N) is 1. The average Bonchev–Trinajstić information content (AvgIpc) is 3.04. The minimum absolute atomic E-state index is 0.0538. The third-order valence-electron chi connectivity index (χ3n) is 6.80. The van der Waals surface area contributed by atoms with Crippen molar-refractivity contribution in [2.24, 2.45) is 0 Å². The van der Waals surface area contributed by atoms with Crippen molar-refractivity contribution in [3.8, 4) is 0 Å². The SMILES string of the molecule is O=C(N[C@@H](Cc1ccc(Cl)c(Cl)c1)C(O)P(=O)(OCc1ccccc1)OCc1ccccc1)c1cnc2ccccc2c1. The maximum absolute atomic E-state index is 14.4. The summed E-state index contributed by atoms with van der Waals surface area (Å²) in [5.74, 6) is -2.26. The molecule has 0 radical (unpaired) electrons. The second-order valence-electron chi connectivity index (χ2n) is 9.92. The summed E-state index contributed by atoms with van der Waals surface area (Å²) in [7, 11) is -4.28. The van der Waals surface area contributed by atoms with Crippen LogP contribution in [-0.2, 0) is 33.2 Å². The smallest absolute Gasteiger partial charge is 0.361 e. The Balaban J connectivity index is 1.46. The Morgan fingerprint density at radius 1 is 0.791 bits per heavy atom. The number of rotatable bonds is 12. The quantitative estimate of drug-likeness (QED) is 0.136. The van der Waals surface area contributed by atoms with Gasteiger partial charge in [-0.15, -0.1) is 0 Å². The molecule has 0 saturated carbocycles. The number of pyridine rings is 1. The number of halogens is 2. The van der Waals surface area contributed by atoms with E-state index in [-0.39, 0.29) is 25.2 Å². The molecule has 0 saturated heterocycles. The second kappa shape index (κ2) is 14.3. The Bertz CT molecular complexity index is 1690. The van der Waals surface area contributed by atoms with Gasteiger partial charge in [-0.3, -0.25) is 14.3 Å². The number of amides is 1. The number of carbonyl (C=O) groups excluding carboxylic acids is 1. The number of benzene rings is 4. The number of hydrogen-bond acceptors (Lipinski definition) is 6. The van der Waals surface area contributed by atoms with Crippen LogP contribution in [0.5, 0.6) is 0 Å². The first-order chi connectivity index (χ1) is 20.8. The molecule has 0 aliphatic rings. The number of hydrogen-bond donors (Lipinski definition) is 2. The molecule has 10 heteroatoms. The van der Waals surface area contributed by atoms with Crippen molar-refractivity contribution in [3.63, 3.8) is 0 Å². The molecule has 2 N–H and O–H groups in total. The molecule has 4 aromatic carbocycles. The third-order valence-corrected chi connectivity index (χ3v) is 9.53. The van der Waals surface area contributed by atoms with Crippen LogP contribution in [0.3, 0.4) is 0 Å². The maximum Gasteiger partial charge on any atom is 0.361 e. The molecule has 1 aromatic heterocycles. The van der Waals surface area contributed by atoms with Gasteiger partial charge in [0, 0.05) is 11.6 Å². The van der Waals surface area contributed by atoms with E-state index >= 15 is 0 Å². The summed E-state index contributed by atoms with van der Waals surface area (Å²) < 4.78 is 26.2. The summed E-state index contributed by atoms with van der Waals surface area (Å²) in [5, 5.41) is 16.0. The zero-order valence-corrected chi connectivity index (χ0v) is 25.4. The van der Waals surface area contributed by atoms with E-state index in [1.807, 2.05) is 84.9 Å². The van der Waals surface area contributed by atoms with Crippen molar-refractivity contribution in [1.29, 1.82) is 0 Å². The lowest BCUT2D eigenvalue weighted by atomic mass is 10.1. The summed E-state index contributed by atoms with van der Waals surface area (Å²) in [6.45, 7) is -0.155. The molecule has 0 spiro atoms. The van der Waals surface area contributed by atoms with E-state index in [1.165, 1.54) is 6.20 Å². The van der Waals surface area contributed by atoms with Crippen LogP contribution >= 0.6 is 30.8 Å². The number of aliphatic hydroxyl groups is 1. The molecular formula is C33H29Cl2N2O5P. The minimum atomic E-state index is -4.28. The molecule has 0 aliphatic heterocycles. The summed E-state index contributed by atoms with van der Waals surface area (Å²) >= 11 is 12.4. The van der Waals surface area contributed by atoms with E-state index in [0.29, 0.717) is 15.6 Å². The number of carbonyl (C=O) groups is 1. The Labute approximate surface area is 259 Å². The largest absolute Gasteiger partial charge is 0.379 e. The number of aromatic nitrogens is 1. The van der Waals surface area contributed by atoms with Gasteiger partial charge in [0.25, 0.3) is 5.91 Å². The van der Waals surface area contributed by atoms with Crippen LogP contribution < -0.4 is 5.32 Å². The number of para-hydroxylation sites is 1. The van der Waals surface area contributed by atoms with Crippen LogP contribution in [0.25, 0.3) is 10.9 Å². The van der Waals surface area contributed by atoms with Gasteiger partial charge in [0.2, 0.25) is 0 Å². The van der Waals surface area contributed by atoms with Crippen molar-refractivity contribution >= 4 is 47.6 Å². The van der Waals surface area contributed by atoms with E-state index in [2.05, 4.69) is 10.3 Å². The molecule has 220 valence electrons. The first kappa shape index (κ1) is 30.9. The van der Waals surface area contributed by atoms with Crippen LogP contribution in [0.1, 0.15) is 27.0 Å². The third kappa shape index (κ3) is 8.09. The van der Waals surface area contributed by atoms with E-state index in [1.54, 1.807) is 24.3 Å². The van der Waals surface area contributed by atoms with Gasteiger partial charge in [0.1, 0.15) is 0 Å². The second-order valence-corrected chi connectivity index (χ2v) is 12.9. The molecule has 7 nitrogen and oxygen atoms in total. The molecule has 0 bridgehead atoms. The molecule has 2 atom stereocenters. The van der Waals surface area contributed by atoms with Gasteiger partial charge < -0.3 is 19.5 Å². The monoisotopic (exact) mass is 634 g/mol. The highest BCUT2D eigenvalue weighted by atomic mass is 35.5. The van der Waals surface area contributed by atoms with Gasteiger partial charge in [-0.2, -0.15) is 0 Å². The summed E-state index contributed by atoms with van der Waals surface area (Å²) in [5.41, 5.74) is 3.14. The van der Waals surface area contributed by atoms with Crippen molar-refractivity contribution in [3.05, 3.63) is 148 Å². The molecule has 5 aromatic rings. The van der Waals surface area contributed by atoms with Crippen LogP contribution in [0.2, 0.25) is 10.0 Å². The van der Waals surface area contributed by atoms with Gasteiger partial charge in [0.05, 0.1) is 40.4 Å². The van der Waals surface area contributed by atoms with Gasteiger partial charge >= 0.3 is 7.60 Å². The van der Waals surface area contributed by atoms with Crippen LogP contribution in [0.15, 0.2) is 115 Å². The predicted octanol–water partition coefficient (Wildman–Crippen LogP) is 7.83. The number of nitrogens with zero attached hydrogens (tertiary/aromatic N) is 1. The average molecular weight is 635 g/mol. The van der Waals surface area contributed by atoms with Crippen molar-refractivity contribution < 1.29 is 23.5 Å².